The fourth-order valence-corrected chi connectivity index (χ4v) is 3.86. The number of sulfonamides is 1. The number of fused-ring (bicyclic) bond motifs is 1. The van der Waals surface area contributed by atoms with Gasteiger partial charge in [0.2, 0.25) is 10.0 Å². The molecular weight excluding hydrogens is 390 g/mol. The average Bonchev–Trinajstić information content (AvgIpc) is 2.73. The lowest BCUT2D eigenvalue weighted by Crippen LogP contribution is -2.36. The molecule has 29 heavy (non-hydrogen) atoms. The van der Waals surface area contributed by atoms with Crippen LogP contribution < -0.4 is 9.62 Å². The molecule has 0 radical (unpaired) electrons. The van der Waals surface area contributed by atoms with Gasteiger partial charge in [-0.15, -0.1) is 0 Å². The Kier molecular flexibility index (Phi) is 5.33. The third-order valence-electron chi connectivity index (χ3n) is 4.88. The monoisotopic (exact) mass is 413 g/mol. The average molecular weight is 414 g/mol. The SMILES string of the molecule is CC(C)S(=O)(=O)Nc1cncc(-c2ccc3ncnc(N4CCOCC4)c3c2)c1. The van der Waals surface area contributed by atoms with Crippen LogP contribution >= 0.6 is 0 Å². The van der Waals surface area contributed by atoms with Gasteiger partial charge in [-0.2, -0.15) is 0 Å². The Morgan fingerprint density at radius 3 is 2.62 bits per heavy atom. The first-order valence-corrected chi connectivity index (χ1v) is 11.0. The van der Waals surface area contributed by atoms with Crippen molar-refractivity contribution >= 4 is 32.4 Å². The molecule has 9 heteroatoms. The van der Waals surface area contributed by atoms with E-state index in [2.05, 4.69) is 24.6 Å². The largest absolute Gasteiger partial charge is 0.378 e. The highest BCUT2D eigenvalue weighted by atomic mass is 32.2. The van der Waals surface area contributed by atoms with Crippen molar-refractivity contribution in [3.63, 3.8) is 0 Å². The number of nitrogens with one attached hydrogen (secondary N) is 1. The van der Waals surface area contributed by atoms with Gasteiger partial charge in [-0.3, -0.25) is 9.71 Å². The number of rotatable bonds is 5. The van der Waals surface area contributed by atoms with Crippen molar-refractivity contribution in [3.05, 3.63) is 43.0 Å². The van der Waals surface area contributed by atoms with Gasteiger partial charge in [-0.25, -0.2) is 18.4 Å². The molecule has 0 saturated carbocycles. The van der Waals surface area contributed by atoms with Crippen molar-refractivity contribution in [1.29, 1.82) is 0 Å². The van der Waals surface area contributed by atoms with Gasteiger partial charge in [0.15, 0.2) is 0 Å². The third-order valence-corrected chi connectivity index (χ3v) is 6.64. The molecule has 0 spiro atoms. The van der Waals surface area contributed by atoms with E-state index in [-0.39, 0.29) is 0 Å². The van der Waals surface area contributed by atoms with Crippen LogP contribution in [0.4, 0.5) is 11.5 Å². The number of hydrogen-bond donors (Lipinski definition) is 1. The van der Waals surface area contributed by atoms with Gasteiger partial charge in [-0.1, -0.05) is 6.07 Å². The zero-order chi connectivity index (χ0) is 20.4. The Morgan fingerprint density at radius 1 is 1.07 bits per heavy atom. The minimum atomic E-state index is -3.43. The molecule has 1 N–H and O–H groups in total. The zero-order valence-electron chi connectivity index (χ0n) is 16.4. The number of hydrogen-bond acceptors (Lipinski definition) is 7. The third kappa shape index (κ3) is 4.15. The second kappa shape index (κ2) is 7.92. The molecule has 3 heterocycles. The summed E-state index contributed by atoms with van der Waals surface area (Å²) < 4.78 is 32.4. The molecule has 0 unspecified atom stereocenters. The van der Waals surface area contributed by atoms with Crippen LogP contribution in [0.2, 0.25) is 0 Å². The molecule has 0 bridgehead atoms. The first kappa shape index (κ1) is 19.5. The van der Waals surface area contributed by atoms with Crippen molar-refractivity contribution in [2.24, 2.45) is 0 Å². The normalized spacial score (nSPS) is 15.1. The van der Waals surface area contributed by atoms with Crippen LogP contribution in [0.25, 0.3) is 22.0 Å². The quantitative estimate of drug-likeness (QED) is 0.687. The number of nitrogens with zero attached hydrogens (tertiary/aromatic N) is 4. The maximum Gasteiger partial charge on any atom is 0.235 e. The van der Waals surface area contributed by atoms with Gasteiger partial charge < -0.3 is 9.64 Å². The van der Waals surface area contributed by atoms with Crippen molar-refractivity contribution < 1.29 is 13.2 Å². The molecule has 1 aliphatic heterocycles. The summed E-state index contributed by atoms with van der Waals surface area (Å²) in [6, 6.07) is 7.71. The van der Waals surface area contributed by atoms with Crippen LogP contribution in [-0.2, 0) is 14.8 Å². The predicted molar refractivity (Wildman–Crippen MR) is 113 cm³/mol. The van der Waals surface area contributed by atoms with Crippen molar-refractivity contribution in [2.75, 3.05) is 35.9 Å². The standard InChI is InChI=1S/C20H23N5O3S/c1-14(2)29(26,27)24-17-9-16(11-21-12-17)15-3-4-19-18(10-15)20(23-13-22-19)25-5-7-28-8-6-25/h3-4,9-14,24H,5-8H2,1-2H3. The van der Waals surface area contributed by atoms with E-state index in [4.69, 9.17) is 4.74 Å². The van der Waals surface area contributed by atoms with Gasteiger partial charge in [-0.05, 0) is 37.6 Å². The van der Waals surface area contributed by atoms with E-state index in [0.29, 0.717) is 18.9 Å². The van der Waals surface area contributed by atoms with Crippen LogP contribution in [0.1, 0.15) is 13.8 Å². The lowest BCUT2D eigenvalue weighted by Gasteiger charge is -2.28. The van der Waals surface area contributed by atoms with Crippen LogP contribution in [0.3, 0.4) is 0 Å². The van der Waals surface area contributed by atoms with E-state index in [0.717, 1.165) is 40.9 Å². The van der Waals surface area contributed by atoms with Crippen LogP contribution in [0, 0.1) is 0 Å². The van der Waals surface area contributed by atoms with Crippen LogP contribution in [-0.4, -0.2) is 54.9 Å². The predicted octanol–water partition coefficient (Wildman–Crippen LogP) is 2.68. The zero-order valence-corrected chi connectivity index (χ0v) is 17.2. The van der Waals surface area contributed by atoms with Gasteiger partial charge in [0.05, 0.1) is 35.9 Å². The summed E-state index contributed by atoms with van der Waals surface area (Å²) in [5, 5.41) is 0.417. The highest BCUT2D eigenvalue weighted by molar-refractivity contribution is 7.93. The summed E-state index contributed by atoms with van der Waals surface area (Å²) in [5.41, 5.74) is 3.02. The van der Waals surface area contributed by atoms with Crippen molar-refractivity contribution in [2.45, 2.75) is 19.1 Å². The molecule has 1 aromatic carbocycles. The first-order valence-electron chi connectivity index (χ1n) is 9.48. The molecule has 2 aromatic heterocycles. The van der Waals surface area contributed by atoms with Crippen LogP contribution in [0.5, 0.6) is 0 Å². The minimum Gasteiger partial charge on any atom is -0.378 e. The number of ether oxygens (including phenoxy) is 1. The van der Waals surface area contributed by atoms with E-state index in [1.807, 2.05) is 18.2 Å². The summed E-state index contributed by atoms with van der Waals surface area (Å²) in [6.07, 6.45) is 4.80. The van der Waals surface area contributed by atoms with E-state index in [9.17, 15) is 8.42 Å². The molecule has 1 saturated heterocycles. The maximum absolute atomic E-state index is 12.2. The molecule has 3 aromatic rings. The Morgan fingerprint density at radius 2 is 1.86 bits per heavy atom. The molecule has 1 aliphatic rings. The minimum absolute atomic E-state index is 0.439. The molecule has 0 atom stereocenters. The molecule has 8 nitrogen and oxygen atoms in total. The number of aromatic nitrogens is 3. The topological polar surface area (TPSA) is 97.3 Å². The van der Waals surface area contributed by atoms with E-state index in [1.54, 1.807) is 32.4 Å². The van der Waals surface area contributed by atoms with Crippen molar-refractivity contribution in [1.82, 2.24) is 15.0 Å². The highest BCUT2D eigenvalue weighted by Crippen LogP contribution is 2.30. The summed E-state index contributed by atoms with van der Waals surface area (Å²) in [6.45, 7) is 6.18. The number of anilines is 2. The van der Waals surface area contributed by atoms with E-state index < -0.39 is 15.3 Å². The number of pyridine rings is 1. The second-order valence-electron chi connectivity index (χ2n) is 7.19. The Labute approximate surface area is 170 Å². The summed E-state index contributed by atoms with van der Waals surface area (Å²) in [5.74, 6) is 0.879. The Balaban J connectivity index is 1.72. The smallest absolute Gasteiger partial charge is 0.235 e. The van der Waals surface area contributed by atoms with E-state index >= 15 is 0 Å². The molecule has 152 valence electrons. The van der Waals surface area contributed by atoms with Gasteiger partial charge in [0.1, 0.15) is 12.1 Å². The van der Waals surface area contributed by atoms with Gasteiger partial charge in [0.25, 0.3) is 0 Å². The lowest BCUT2D eigenvalue weighted by molar-refractivity contribution is 0.122. The second-order valence-corrected chi connectivity index (χ2v) is 9.42. The molecule has 4 rings (SSSR count). The van der Waals surface area contributed by atoms with E-state index in [1.165, 1.54) is 6.20 Å². The summed E-state index contributed by atoms with van der Waals surface area (Å²) in [7, 11) is -3.43. The summed E-state index contributed by atoms with van der Waals surface area (Å²) >= 11 is 0. The molecule has 1 fully saturated rings. The highest BCUT2D eigenvalue weighted by Gasteiger charge is 2.18. The molecular formula is C20H23N5O3S. The van der Waals surface area contributed by atoms with Crippen LogP contribution in [0.15, 0.2) is 43.0 Å². The van der Waals surface area contributed by atoms with Gasteiger partial charge >= 0.3 is 0 Å². The first-order chi connectivity index (χ1) is 13.9. The molecule has 0 amide bonds. The molecule has 0 aliphatic carbocycles. The Bertz CT molecular complexity index is 1130. The maximum atomic E-state index is 12.2. The van der Waals surface area contributed by atoms with Crippen molar-refractivity contribution in [3.8, 4) is 11.1 Å². The number of morpholine rings is 1. The summed E-state index contributed by atoms with van der Waals surface area (Å²) in [4.78, 5) is 15.3. The number of benzene rings is 1. The fraction of sp³-hybridized carbons (Fsp3) is 0.350. The van der Waals surface area contributed by atoms with Gasteiger partial charge in [0, 0.05) is 30.2 Å². The fourth-order valence-electron chi connectivity index (χ4n) is 3.19. The Hall–Kier alpha value is -2.78. The lowest BCUT2D eigenvalue weighted by atomic mass is 10.0.